The molecule has 1 aliphatic heterocycles. The van der Waals surface area contributed by atoms with Gasteiger partial charge in [0.1, 0.15) is 0 Å². The minimum Gasteiger partial charge on any atom is -0.458 e. The summed E-state index contributed by atoms with van der Waals surface area (Å²) >= 11 is 0. The molecule has 2 saturated carbocycles. The van der Waals surface area contributed by atoms with Crippen molar-refractivity contribution in [3.05, 3.63) is 77.0 Å². The van der Waals surface area contributed by atoms with Gasteiger partial charge in [0.2, 0.25) is 12.5 Å². The van der Waals surface area contributed by atoms with Crippen LogP contribution in [0, 0.1) is 17.0 Å². The highest BCUT2D eigenvalue weighted by atomic mass is 16.9. The van der Waals surface area contributed by atoms with Gasteiger partial charge < -0.3 is 14.3 Å². The van der Waals surface area contributed by atoms with Gasteiger partial charge in [-0.25, -0.2) is 0 Å². The summed E-state index contributed by atoms with van der Waals surface area (Å²) < 4.78 is 12.5. The average molecular weight is 478 g/mol. The quantitative estimate of drug-likeness (QED) is 0.405. The standard InChI is InChI=1S/C29H35NO5/c1-21(31)33-27-25(22-12-5-2-6-13-22)20-30(32)35-28(27)34-26-18-11-19-29(26,23-14-7-3-8-15-23)24-16-9-4-10-17-24/h3-4,7-10,14-17,20,22,25-28H,2,5-6,11-13,18-19H2,1H3/t25-,26+,27+,28-/m0/s1. The van der Waals surface area contributed by atoms with E-state index in [2.05, 4.69) is 48.5 Å². The Labute approximate surface area is 207 Å². The number of hydrogen-bond acceptors (Lipinski definition) is 5. The molecule has 6 nitrogen and oxygen atoms in total. The molecular weight excluding hydrogens is 442 g/mol. The van der Waals surface area contributed by atoms with Gasteiger partial charge in [-0.15, -0.1) is 0 Å². The zero-order valence-corrected chi connectivity index (χ0v) is 20.4. The molecule has 2 fully saturated rings. The molecule has 6 heteroatoms. The Morgan fingerprint density at radius 2 is 1.57 bits per heavy atom. The second kappa shape index (κ2) is 10.4. The predicted molar refractivity (Wildman–Crippen MR) is 133 cm³/mol. The van der Waals surface area contributed by atoms with Crippen molar-refractivity contribution in [2.75, 3.05) is 0 Å². The van der Waals surface area contributed by atoms with E-state index >= 15 is 0 Å². The molecular formula is C29H35NO5. The Hall–Kier alpha value is -2.86. The van der Waals surface area contributed by atoms with Gasteiger partial charge in [0, 0.05) is 17.2 Å². The lowest BCUT2D eigenvalue weighted by Crippen LogP contribution is -2.53. The maximum absolute atomic E-state index is 12.7. The molecule has 0 aromatic heterocycles. The smallest absolute Gasteiger partial charge is 0.303 e. The summed E-state index contributed by atoms with van der Waals surface area (Å²) in [5.41, 5.74) is 1.99. The molecule has 0 radical (unpaired) electrons. The van der Waals surface area contributed by atoms with E-state index in [1.165, 1.54) is 24.5 Å². The van der Waals surface area contributed by atoms with E-state index in [1.54, 1.807) is 6.21 Å². The van der Waals surface area contributed by atoms with Gasteiger partial charge in [-0.2, -0.15) is 0 Å². The molecule has 3 aliphatic rings. The molecule has 35 heavy (non-hydrogen) atoms. The molecule has 2 aromatic carbocycles. The molecule has 4 atom stereocenters. The van der Waals surface area contributed by atoms with E-state index in [9.17, 15) is 10.0 Å². The zero-order valence-electron chi connectivity index (χ0n) is 20.4. The summed E-state index contributed by atoms with van der Waals surface area (Å²) in [5.74, 6) is -0.333. The maximum atomic E-state index is 12.7. The number of carbonyl (C=O) groups excluding carboxylic acids is 1. The fourth-order valence-electron chi connectivity index (χ4n) is 6.56. The molecule has 0 spiro atoms. The van der Waals surface area contributed by atoms with Crippen molar-refractivity contribution in [2.24, 2.45) is 11.8 Å². The molecule has 5 rings (SSSR count). The van der Waals surface area contributed by atoms with Crippen molar-refractivity contribution in [2.45, 2.75) is 82.2 Å². The van der Waals surface area contributed by atoms with E-state index in [1.807, 2.05) is 12.1 Å². The van der Waals surface area contributed by atoms with Crippen LogP contribution in [0.3, 0.4) is 0 Å². The van der Waals surface area contributed by atoms with E-state index in [4.69, 9.17) is 14.3 Å². The maximum Gasteiger partial charge on any atom is 0.303 e. The first kappa shape index (κ1) is 23.9. The minimum absolute atomic E-state index is 0.222. The van der Waals surface area contributed by atoms with Gasteiger partial charge in [0.05, 0.1) is 12.0 Å². The number of hydrogen-bond donors (Lipinski definition) is 0. The topological polar surface area (TPSA) is 70.8 Å². The summed E-state index contributed by atoms with van der Waals surface area (Å²) in [5, 5.41) is 12.7. The third-order valence-electron chi connectivity index (χ3n) is 8.11. The lowest BCUT2D eigenvalue weighted by atomic mass is 9.71. The van der Waals surface area contributed by atoms with Gasteiger partial charge in [0.25, 0.3) is 0 Å². The van der Waals surface area contributed by atoms with Gasteiger partial charge in [0.15, 0.2) is 6.10 Å². The molecule has 186 valence electrons. The molecule has 0 bridgehead atoms. The number of rotatable bonds is 6. The van der Waals surface area contributed by atoms with Crippen LogP contribution < -0.4 is 0 Å². The summed E-state index contributed by atoms with van der Waals surface area (Å²) in [7, 11) is 0. The Balaban J connectivity index is 1.50. The number of carbonyl (C=O) groups is 1. The monoisotopic (exact) mass is 477 g/mol. The van der Waals surface area contributed by atoms with Crippen molar-refractivity contribution in [3.63, 3.8) is 0 Å². The zero-order chi connectivity index (χ0) is 24.3. The largest absolute Gasteiger partial charge is 0.458 e. The van der Waals surface area contributed by atoms with E-state index in [0.717, 1.165) is 44.9 Å². The summed E-state index contributed by atoms with van der Waals surface area (Å²) in [6.07, 6.45) is 7.94. The van der Waals surface area contributed by atoms with E-state index in [0.29, 0.717) is 4.90 Å². The van der Waals surface area contributed by atoms with Crippen LogP contribution in [0.2, 0.25) is 0 Å². The summed E-state index contributed by atoms with van der Waals surface area (Å²) in [4.78, 5) is 18.3. The van der Waals surface area contributed by atoms with E-state index in [-0.39, 0.29) is 29.3 Å². The van der Waals surface area contributed by atoms with Crippen LogP contribution in [0.25, 0.3) is 0 Å². The second-order valence-corrected chi connectivity index (χ2v) is 10.2. The van der Waals surface area contributed by atoms with Crippen molar-refractivity contribution in [3.8, 4) is 0 Å². The van der Waals surface area contributed by atoms with Crippen LogP contribution in [0.5, 0.6) is 0 Å². The van der Waals surface area contributed by atoms with Crippen LogP contribution >= 0.6 is 0 Å². The van der Waals surface area contributed by atoms with Crippen molar-refractivity contribution >= 4 is 12.2 Å². The lowest BCUT2D eigenvalue weighted by Gasteiger charge is -2.43. The highest BCUT2D eigenvalue weighted by molar-refractivity contribution is 5.67. The molecule has 0 unspecified atom stereocenters. The summed E-state index contributed by atoms with van der Waals surface area (Å²) in [6, 6.07) is 20.9. The lowest BCUT2D eigenvalue weighted by molar-refractivity contribution is -0.774. The fourth-order valence-corrected chi connectivity index (χ4v) is 6.56. The van der Waals surface area contributed by atoms with Gasteiger partial charge in [-0.05, 0) is 49.1 Å². The fraction of sp³-hybridized carbons (Fsp3) is 0.517. The SMILES string of the molecule is CC(=O)O[C@H]1[C@@H](O[C@@H]2CCCC2(c2ccccc2)c2ccccc2)O[N+]([O-])=C[C@H]1C1CCCCC1. The van der Waals surface area contributed by atoms with Crippen molar-refractivity contribution in [1.82, 2.24) is 0 Å². The molecule has 0 N–H and O–H groups in total. The molecule has 1 heterocycles. The normalized spacial score (nSPS) is 28.7. The molecule has 2 aromatic rings. The Morgan fingerprint density at radius 1 is 0.943 bits per heavy atom. The van der Waals surface area contributed by atoms with Crippen molar-refractivity contribution in [1.29, 1.82) is 0 Å². The van der Waals surface area contributed by atoms with Gasteiger partial charge >= 0.3 is 5.97 Å². The van der Waals surface area contributed by atoms with Gasteiger partial charge in [-0.1, -0.05) is 79.9 Å². The van der Waals surface area contributed by atoms with Crippen LogP contribution in [0.4, 0.5) is 0 Å². The number of benzene rings is 2. The third-order valence-corrected chi connectivity index (χ3v) is 8.11. The number of nitrogens with zero attached hydrogens (tertiary/aromatic N) is 1. The highest BCUT2D eigenvalue weighted by Gasteiger charge is 2.50. The first-order valence-corrected chi connectivity index (χ1v) is 13.0. The van der Waals surface area contributed by atoms with Crippen LogP contribution in [-0.4, -0.2) is 35.6 Å². The van der Waals surface area contributed by atoms with Crippen LogP contribution in [-0.2, 0) is 24.5 Å². The number of ether oxygens (including phenoxy) is 2. The minimum atomic E-state index is -0.955. The van der Waals surface area contributed by atoms with Crippen LogP contribution in [0.1, 0.15) is 69.4 Å². The van der Waals surface area contributed by atoms with E-state index < -0.39 is 12.4 Å². The Bertz CT molecular complexity index is 978. The third kappa shape index (κ3) is 4.81. The van der Waals surface area contributed by atoms with Gasteiger partial charge in [-0.3, -0.25) is 10.0 Å². The molecule has 0 saturated heterocycles. The first-order valence-electron chi connectivity index (χ1n) is 13.0. The predicted octanol–water partition coefficient (Wildman–Crippen LogP) is 5.52. The van der Waals surface area contributed by atoms with Crippen LogP contribution in [0.15, 0.2) is 60.7 Å². The summed E-state index contributed by atoms with van der Waals surface area (Å²) in [6.45, 7) is 1.41. The van der Waals surface area contributed by atoms with Crippen molar-refractivity contribution < 1.29 is 24.0 Å². The molecule has 2 aliphatic carbocycles. The highest BCUT2D eigenvalue weighted by Crippen LogP contribution is 2.49. The second-order valence-electron chi connectivity index (χ2n) is 10.2. The molecule has 0 amide bonds. The average Bonchev–Trinajstić information content (AvgIpc) is 3.31. The first-order chi connectivity index (χ1) is 17.1. The Kier molecular flexibility index (Phi) is 7.09. The number of esters is 1. The Morgan fingerprint density at radius 3 is 2.17 bits per heavy atom.